The van der Waals surface area contributed by atoms with Crippen LogP contribution in [0.4, 0.5) is 21.0 Å². The number of amidine groups is 1. The van der Waals surface area contributed by atoms with Crippen molar-refractivity contribution in [3.8, 4) is 11.5 Å². The van der Waals surface area contributed by atoms with Gasteiger partial charge in [-0.05, 0) is 103 Å². The molecule has 0 N–H and O–H groups in total. The van der Waals surface area contributed by atoms with E-state index in [0.717, 1.165) is 10.6 Å². The van der Waals surface area contributed by atoms with Crippen molar-refractivity contribution in [3.05, 3.63) is 83.9 Å². The van der Waals surface area contributed by atoms with Crippen LogP contribution in [0.25, 0.3) is 0 Å². The minimum absolute atomic E-state index is 0.215. The predicted molar refractivity (Wildman–Crippen MR) is 147 cm³/mol. The largest absolute Gasteiger partial charge is 0.457 e. The molecule has 0 aromatic heterocycles. The Hall–Kier alpha value is -4.33. The van der Waals surface area contributed by atoms with Gasteiger partial charge in [-0.25, -0.2) is 14.6 Å². The van der Waals surface area contributed by atoms with E-state index >= 15 is 0 Å². The Kier molecular flexibility index (Phi) is 7.18. The van der Waals surface area contributed by atoms with E-state index in [4.69, 9.17) is 19.2 Å². The molecule has 4 rings (SSSR count). The molecule has 1 aliphatic rings. The summed E-state index contributed by atoms with van der Waals surface area (Å²) in [6.45, 7) is 12.5. The zero-order valence-corrected chi connectivity index (χ0v) is 22.8. The molecule has 0 fully saturated rings. The summed E-state index contributed by atoms with van der Waals surface area (Å²) in [5, 5.41) is 2.33. The average molecular weight is 516 g/mol. The van der Waals surface area contributed by atoms with E-state index in [1.165, 1.54) is 5.01 Å². The highest BCUT2D eigenvalue weighted by atomic mass is 16.6. The molecule has 8 nitrogen and oxygen atoms in total. The molecule has 2 amide bonds. The summed E-state index contributed by atoms with van der Waals surface area (Å²) in [5.41, 5.74) is 0.783. The van der Waals surface area contributed by atoms with Gasteiger partial charge in [0.2, 0.25) is 0 Å². The number of rotatable bonds is 3. The van der Waals surface area contributed by atoms with Gasteiger partial charge < -0.3 is 14.2 Å². The average Bonchev–Trinajstić information content (AvgIpc) is 2.82. The van der Waals surface area contributed by atoms with E-state index in [9.17, 15) is 9.59 Å². The van der Waals surface area contributed by atoms with Gasteiger partial charge in [0.15, 0.2) is 5.84 Å². The van der Waals surface area contributed by atoms with Crippen molar-refractivity contribution >= 4 is 29.4 Å². The van der Waals surface area contributed by atoms with Gasteiger partial charge in [0, 0.05) is 5.56 Å². The maximum atomic E-state index is 13.6. The predicted octanol–water partition coefficient (Wildman–Crippen LogP) is 7.77. The van der Waals surface area contributed by atoms with Crippen LogP contribution in [0.3, 0.4) is 0 Å². The first-order valence-electron chi connectivity index (χ1n) is 12.4. The lowest BCUT2D eigenvalue weighted by Crippen LogP contribution is -2.57. The van der Waals surface area contributed by atoms with Gasteiger partial charge in [-0.2, -0.15) is 10.0 Å². The first-order chi connectivity index (χ1) is 17.8. The highest BCUT2D eigenvalue weighted by Crippen LogP contribution is 2.38. The summed E-state index contributed by atoms with van der Waals surface area (Å²) in [4.78, 5) is 32.0. The van der Waals surface area contributed by atoms with Gasteiger partial charge in [0.05, 0.1) is 11.4 Å². The number of anilines is 1. The van der Waals surface area contributed by atoms with Gasteiger partial charge in [-0.15, -0.1) is 0 Å². The molecule has 0 saturated carbocycles. The lowest BCUT2D eigenvalue weighted by molar-refractivity contribution is 0.0256. The van der Waals surface area contributed by atoms with Crippen molar-refractivity contribution < 1.29 is 23.8 Å². The third kappa shape index (κ3) is 6.32. The number of fused-ring (bicyclic) bond motifs is 1. The molecule has 0 unspecified atom stereocenters. The van der Waals surface area contributed by atoms with E-state index < -0.39 is 23.4 Å². The quantitative estimate of drug-likeness (QED) is 0.356. The number of hydrogen-bond acceptors (Lipinski definition) is 6. The van der Waals surface area contributed by atoms with Crippen LogP contribution in [0.5, 0.6) is 11.5 Å². The summed E-state index contributed by atoms with van der Waals surface area (Å²) in [6, 6.07) is 22.0. The van der Waals surface area contributed by atoms with Gasteiger partial charge >= 0.3 is 12.2 Å². The second-order valence-corrected chi connectivity index (χ2v) is 11.0. The number of amides is 2. The van der Waals surface area contributed by atoms with Crippen LogP contribution in [0.1, 0.15) is 52.7 Å². The number of ether oxygens (including phenoxy) is 3. The number of benzene rings is 3. The number of carbonyl (C=O) groups is 2. The third-order valence-electron chi connectivity index (χ3n) is 5.21. The molecule has 38 heavy (non-hydrogen) atoms. The summed E-state index contributed by atoms with van der Waals surface area (Å²) in [6.07, 6.45) is -1.49. The molecule has 198 valence electrons. The summed E-state index contributed by atoms with van der Waals surface area (Å²) < 4.78 is 17.4. The topological polar surface area (TPSA) is 80.7 Å². The first-order valence-corrected chi connectivity index (χ1v) is 12.4. The minimum atomic E-state index is -0.817. The van der Waals surface area contributed by atoms with Crippen molar-refractivity contribution in [3.63, 3.8) is 0 Å². The maximum absolute atomic E-state index is 13.6. The number of hydrogen-bond donors (Lipinski definition) is 0. The number of hydrazine groups is 1. The fraction of sp³-hybridized carbons (Fsp3) is 0.300. The molecule has 0 atom stereocenters. The van der Waals surface area contributed by atoms with E-state index in [0.29, 0.717) is 28.4 Å². The normalized spacial score (nSPS) is 13.4. The minimum Gasteiger partial charge on any atom is -0.457 e. The van der Waals surface area contributed by atoms with Crippen LogP contribution in [0.15, 0.2) is 77.8 Å². The SMILES string of the molecule is Cc1ccc2c(c1)N(C(=O)OC(C)(C)C)N(C(=O)OC(C)(C)C)C(c1ccc(Oc3ccccc3)cc1)=N2. The molecule has 8 heteroatoms. The first kappa shape index (κ1) is 26.7. The Balaban J connectivity index is 1.81. The number of aliphatic imine (C=N–C) groups is 1. The number of aryl methyl sites for hydroxylation is 1. The summed E-state index contributed by atoms with van der Waals surface area (Å²) in [7, 11) is 0. The molecular weight excluding hydrogens is 482 g/mol. The van der Waals surface area contributed by atoms with Crippen molar-refractivity contribution in [2.24, 2.45) is 4.99 Å². The fourth-order valence-electron chi connectivity index (χ4n) is 3.70. The van der Waals surface area contributed by atoms with Crippen LogP contribution in [0.2, 0.25) is 0 Å². The van der Waals surface area contributed by atoms with Crippen LogP contribution < -0.4 is 9.75 Å². The molecular formula is C30H33N3O5. The molecule has 0 spiro atoms. The highest BCUT2D eigenvalue weighted by molar-refractivity contribution is 6.14. The summed E-state index contributed by atoms with van der Waals surface area (Å²) in [5.74, 6) is 1.53. The Bertz CT molecular complexity index is 1350. The Morgan fingerprint density at radius 1 is 0.711 bits per heavy atom. The molecule has 1 heterocycles. The summed E-state index contributed by atoms with van der Waals surface area (Å²) >= 11 is 0. The molecule has 0 aliphatic carbocycles. The van der Waals surface area contributed by atoms with Crippen LogP contribution in [-0.4, -0.2) is 34.2 Å². The molecule has 1 aliphatic heterocycles. The molecule has 0 radical (unpaired) electrons. The second kappa shape index (κ2) is 10.2. The Labute approximate surface area is 223 Å². The standard InChI is InChI=1S/C30H33N3O5/c1-20-13-18-24-25(19-20)32(27(34)37-29(2,3)4)33(28(35)38-30(5,6)7)26(31-24)21-14-16-23(17-15-21)36-22-11-9-8-10-12-22/h8-19H,1-7H3. The van der Waals surface area contributed by atoms with Gasteiger partial charge in [0.1, 0.15) is 22.7 Å². The Morgan fingerprint density at radius 3 is 1.84 bits per heavy atom. The fourth-order valence-corrected chi connectivity index (χ4v) is 3.70. The monoisotopic (exact) mass is 515 g/mol. The van der Waals surface area contributed by atoms with E-state index in [1.54, 1.807) is 77.9 Å². The number of carbonyl (C=O) groups excluding carboxylic acids is 2. The van der Waals surface area contributed by atoms with Crippen LogP contribution in [-0.2, 0) is 9.47 Å². The van der Waals surface area contributed by atoms with E-state index in [1.807, 2.05) is 43.3 Å². The van der Waals surface area contributed by atoms with E-state index in [2.05, 4.69) is 0 Å². The van der Waals surface area contributed by atoms with Crippen molar-refractivity contribution in [1.82, 2.24) is 5.01 Å². The van der Waals surface area contributed by atoms with Crippen molar-refractivity contribution in [1.29, 1.82) is 0 Å². The van der Waals surface area contributed by atoms with Crippen LogP contribution >= 0.6 is 0 Å². The molecule has 0 bridgehead atoms. The maximum Gasteiger partial charge on any atom is 0.436 e. The van der Waals surface area contributed by atoms with Crippen LogP contribution in [0, 0.1) is 6.92 Å². The molecule has 3 aromatic carbocycles. The van der Waals surface area contributed by atoms with E-state index in [-0.39, 0.29) is 5.84 Å². The van der Waals surface area contributed by atoms with Crippen molar-refractivity contribution in [2.45, 2.75) is 59.7 Å². The van der Waals surface area contributed by atoms with Gasteiger partial charge in [0.25, 0.3) is 0 Å². The smallest absolute Gasteiger partial charge is 0.436 e. The zero-order chi connectivity index (χ0) is 27.7. The molecule has 0 saturated heterocycles. The van der Waals surface area contributed by atoms with Gasteiger partial charge in [-0.1, -0.05) is 24.3 Å². The lowest BCUT2D eigenvalue weighted by atomic mass is 10.1. The van der Waals surface area contributed by atoms with Crippen molar-refractivity contribution in [2.75, 3.05) is 5.01 Å². The lowest BCUT2D eigenvalue weighted by Gasteiger charge is -2.39. The number of para-hydroxylation sites is 1. The third-order valence-corrected chi connectivity index (χ3v) is 5.21. The number of nitrogens with zero attached hydrogens (tertiary/aromatic N) is 3. The highest BCUT2D eigenvalue weighted by Gasteiger charge is 2.41. The second-order valence-electron chi connectivity index (χ2n) is 11.0. The Morgan fingerprint density at radius 2 is 1.26 bits per heavy atom. The van der Waals surface area contributed by atoms with Gasteiger partial charge in [-0.3, -0.25) is 0 Å². The zero-order valence-electron chi connectivity index (χ0n) is 22.8. The molecule has 3 aromatic rings.